The maximum atomic E-state index is 11.4. The van der Waals surface area contributed by atoms with Crippen molar-refractivity contribution in [2.24, 2.45) is 0 Å². The maximum Gasteiger partial charge on any atom is 0.237 e. The summed E-state index contributed by atoms with van der Waals surface area (Å²) in [5.74, 6) is 0. The van der Waals surface area contributed by atoms with Crippen LogP contribution >= 0.6 is 0 Å². The Bertz CT molecular complexity index is 1210. The van der Waals surface area contributed by atoms with E-state index in [9.17, 15) is 18.0 Å². The van der Waals surface area contributed by atoms with Crippen LogP contribution in [0.1, 0.15) is 28.1 Å². The van der Waals surface area contributed by atoms with Crippen molar-refractivity contribution >= 4 is 44.7 Å². The lowest BCUT2D eigenvalue weighted by Crippen LogP contribution is -2.08. The standard InChI is InChI=1S/C9H8N2O3S.C8H6N2O.CH4/c1-15(13,14)11-5-7(6-12)8-3-2-4-10-9(8)11;11-5-6-4-10-8-7(6)2-1-3-9-8;/h2-6H,1H3;1-5H,(H,9,10);1H4. The number of hydrogen-bond donors (Lipinski definition) is 1. The van der Waals surface area contributed by atoms with Crippen molar-refractivity contribution in [2.75, 3.05) is 6.26 Å². The van der Waals surface area contributed by atoms with Gasteiger partial charge in [0.1, 0.15) is 5.65 Å². The van der Waals surface area contributed by atoms with E-state index in [0.717, 1.165) is 27.5 Å². The summed E-state index contributed by atoms with van der Waals surface area (Å²) in [5.41, 5.74) is 2.02. The second-order valence-electron chi connectivity index (χ2n) is 5.40. The average molecular weight is 386 g/mol. The highest BCUT2D eigenvalue weighted by Crippen LogP contribution is 2.18. The molecule has 0 saturated heterocycles. The molecule has 8 nitrogen and oxygen atoms in total. The number of fused-ring (bicyclic) bond motifs is 2. The molecule has 0 amide bonds. The van der Waals surface area contributed by atoms with E-state index in [0.29, 0.717) is 22.8 Å². The van der Waals surface area contributed by atoms with Gasteiger partial charge in [0.05, 0.1) is 6.26 Å². The van der Waals surface area contributed by atoms with Crippen molar-refractivity contribution in [3.8, 4) is 0 Å². The summed E-state index contributed by atoms with van der Waals surface area (Å²) >= 11 is 0. The minimum absolute atomic E-state index is 0. The number of aromatic amines is 1. The van der Waals surface area contributed by atoms with E-state index in [1.165, 1.54) is 12.4 Å². The van der Waals surface area contributed by atoms with E-state index in [-0.39, 0.29) is 13.1 Å². The first-order chi connectivity index (χ1) is 12.5. The molecule has 0 aliphatic heterocycles. The molecule has 0 aromatic carbocycles. The van der Waals surface area contributed by atoms with Gasteiger partial charge in [-0.05, 0) is 24.3 Å². The number of rotatable bonds is 3. The number of aromatic nitrogens is 4. The molecule has 1 N–H and O–H groups in total. The number of nitrogens with one attached hydrogen (secondary N) is 1. The highest BCUT2D eigenvalue weighted by molar-refractivity contribution is 7.89. The fourth-order valence-corrected chi connectivity index (χ4v) is 3.24. The zero-order valence-corrected chi connectivity index (χ0v) is 14.5. The molecule has 4 heterocycles. The van der Waals surface area contributed by atoms with Crippen LogP contribution in [0.25, 0.3) is 22.1 Å². The predicted molar refractivity (Wildman–Crippen MR) is 104 cm³/mol. The third kappa shape index (κ3) is 3.93. The van der Waals surface area contributed by atoms with Gasteiger partial charge in [-0.15, -0.1) is 0 Å². The van der Waals surface area contributed by atoms with Gasteiger partial charge in [-0.2, -0.15) is 0 Å². The van der Waals surface area contributed by atoms with Gasteiger partial charge >= 0.3 is 0 Å². The number of carbonyl (C=O) groups excluding carboxylic acids is 2. The van der Waals surface area contributed by atoms with Gasteiger partial charge < -0.3 is 4.98 Å². The molecular weight excluding hydrogens is 368 g/mol. The maximum absolute atomic E-state index is 11.4. The molecule has 0 aliphatic carbocycles. The molecule has 0 unspecified atom stereocenters. The molecule has 0 saturated carbocycles. The third-order valence-corrected chi connectivity index (χ3v) is 4.65. The molecule has 0 atom stereocenters. The fourth-order valence-electron chi connectivity index (χ4n) is 2.48. The van der Waals surface area contributed by atoms with Crippen molar-refractivity contribution < 1.29 is 18.0 Å². The lowest BCUT2D eigenvalue weighted by molar-refractivity contribution is 0.111. The number of pyridine rings is 2. The van der Waals surface area contributed by atoms with Crippen LogP contribution in [-0.4, -0.2) is 46.2 Å². The molecule has 0 fully saturated rings. The number of hydrogen-bond acceptors (Lipinski definition) is 6. The summed E-state index contributed by atoms with van der Waals surface area (Å²) in [6.45, 7) is 0. The number of nitrogens with zero attached hydrogens (tertiary/aromatic N) is 3. The Balaban J connectivity index is 0.000000194. The number of aldehydes is 2. The van der Waals surface area contributed by atoms with E-state index >= 15 is 0 Å². The SMILES string of the molecule is C.CS(=O)(=O)n1cc(C=O)c2cccnc21.O=Cc1c[nH]c2ncccc12. The molecule has 4 rings (SSSR count). The van der Waals surface area contributed by atoms with Crippen LogP contribution in [0.15, 0.2) is 49.1 Å². The molecule has 0 spiro atoms. The van der Waals surface area contributed by atoms with Gasteiger partial charge in [-0.3, -0.25) is 9.59 Å². The van der Waals surface area contributed by atoms with Gasteiger partial charge in [-0.1, -0.05) is 7.43 Å². The first-order valence-corrected chi connectivity index (χ1v) is 9.29. The van der Waals surface area contributed by atoms with E-state index in [1.807, 2.05) is 12.1 Å². The third-order valence-electron chi connectivity index (χ3n) is 3.66. The predicted octanol–water partition coefficient (Wildman–Crippen LogP) is 2.67. The van der Waals surface area contributed by atoms with Gasteiger partial charge in [0.2, 0.25) is 10.0 Å². The van der Waals surface area contributed by atoms with E-state index in [2.05, 4.69) is 15.0 Å². The summed E-state index contributed by atoms with van der Waals surface area (Å²) in [7, 11) is -3.42. The summed E-state index contributed by atoms with van der Waals surface area (Å²) in [4.78, 5) is 32.0. The molecular formula is C18H18N4O4S. The Morgan fingerprint density at radius 2 is 1.63 bits per heavy atom. The highest BCUT2D eigenvalue weighted by Gasteiger charge is 2.14. The molecule has 9 heteroatoms. The van der Waals surface area contributed by atoms with Crippen LogP contribution in [0.5, 0.6) is 0 Å². The van der Waals surface area contributed by atoms with Crippen LogP contribution in [0, 0.1) is 0 Å². The van der Waals surface area contributed by atoms with Crippen molar-refractivity contribution in [3.05, 3.63) is 60.2 Å². The van der Waals surface area contributed by atoms with E-state index in [1.54, 1.807) is 24.5 Å². The first kappa shape index (κ1) is 20.0. The highest BCUT2D eigenvalue weighted by atomic mass is 32.2. The van der Waals surface area contributed by atoms with Crippen LogP contribution in [0.4, 0.5) is 0 Å². The average Bonchev–Trinajstić information content (AvgIpc) is 3.23. The molecule has 140 valence electrons. The zero-order valence-electron chi connectivity index (χ0n) is 13.7. The van der Waals surface area contributed by atoms with E-state index in [4.69, 9.17) is 0 Å². The number of H-pyrrole nitrogens is 1. The van der Waals surface area contributed by atoms with Gasteiger partial charge in [-0.25, -0.2) is 22.4 Å². The number of carbonyl (C=O) groups is 2. The van der Waals surface area contributed by atoms with Gasteiger partial charge in [0, 0.05) is 46.7 Å². The fraction of sp³-hybridized carbons (Fsp3) is 0.111. The summed E-state index contributed by atoms with van der Waals surface area (Å²) < 4.78 is 23.8. The summed E-state index contributed by atoms with van der Waals surface area (Å²) in [5, 5.41) is 1.42. The Morgan fingerprint density at radius 3 is 2.26 bits per heavy atom. The zero-order chi connectivity index (χ0) is 18.7. The quantitative estimate of drug-likeness (QED) is 0.541. The van der Waals surface area contributed by atoms with Crippen molar-refractivity contribution in [3.63, 3.8) is 0 Å². The largest absolute Gasteiger partial charge is 0.345 e. The van der Waals surface area contributed by atoms with Crippen LogP contribution in [-0.2, 0) is 10.0 Å². The van der Waals surface area contributed by atoms with Crippen LogP contribution in [0.3, 0.4) is 0 Å². The molecule has 0 bridgehead atoms. The first-order valence-electron chi connectivity index (χ1n) is 7.45. The lowest BCUT2D eigenvalue weighted by atomic mass is 10.2. The Kier molecular flexibility index (Phi) is 5.86. The molecule has 4 aromatic rings. The van der Waals surface area contributed by atoms with Crippen molar-refractivity contribution in [1.82, 2.24) is 18.9 Å². The normalized spacial score (nSPS) is 10.7. The molecule has 0 radical (unpaired) electrons. The van der Waals surface area contributed by atoms with Crippen LogP contribution in [0.2, 0.25) is 0 Å². The lowest BCUT2D eigenvalue weighted by Gasteiger charge is -1.99. The monoisotopic (exact) mass is 386 g/mol. The minimum Gasteiger partial charge on any atom is -0.345 e. The summed E-state index contributed by atoms with van der Waals surface area (Å²) in [6, 6.07) is 6.99. The minimum atomic E-state index is -3.42. The van der Waals surface area contributed by atoms with Crippen molar-refractivity contribution in [2.45, 2.75) is 7.43 Å². The summed E-state index contributed by atoms with van der Waals surface area (Å²) in [6.07, 6.45) is 8.61. The van der Waals surface area contributed by atoms with Crippen LogP contribution < -0.4 is 0 Å². The molecule has 27 heavy (non-hydrogen) atoms. The second-order valence-corrected chi connectivity index (χ2v) is 7.26. The smallest absolute Gasteiger partial charge is 0.237 e. The van der Waals surface area contributed by atoms with Crippen molar-refractivity contribution in [1.29, 1.82) is 0 Å². The Hall–Kier alpha value is -3.33. The Morgan fingerprint density at radius 1 is 1.00 bits per heavy atom. The van der Waals surface area contributed by atoms with Gasteiger partial charge in [0.25, 0.3) is 0 Å². The van der Waals surface area contributed by atoms with E-state index < -0.39 is 10.0 Å². The second kappa shape index (κ2) is 7.92. The van der Waals surface area contributed by atoms with Gasteiger partial charge in [0.15, 0.2) is 18.2 Å². The molecule has 4 aromatic heterocycles. The topological polar surface area (TPSA) is 115 Å². The molecule has 0 aliphatic rings. The Labute approximate surface area is 155 Å².